The van der Waals surface area contributed by atoms with Crippen molar-refractivity contribution in [1.29, 1.82) is 0 Å². The molecule has 1 unspecified atom stereocenters. The summed E-state index contributed by atoms with van der Waals surface area (Å²) in [6.07, 6.45) is 1.49. The molecule has 0 spiro atoms. The van der Waals surface area contributed by atoms with Gasteiger partial charge in [-0.15, -0.1) is 5.10 Å². The van der Waals surface area contributed by atoms with E-state index in [0.717, 1.165) is 5.56 Å². The van der Waals surface area contributed by atoms with Gasteiger partial charge in [-0.1, -0.05) is 12.1 Å². The van der Waals surface area contributed by atoms with E-state index in [9.17, 15) is 9.18 Å². The lowest BCUT2D eigenvalue weighted by Crippen LogP contribution is -2.50. The van der Waals surface area contributed by atoms with Gasteiger partial charge in [0, 0.05) is 33.3 Å². The van der Waals surface area contributed by atoms with E-state index in [1.807, 2.05) is 0 Å². The van der Waals surface area contributed by atoms with Crippen molar-refractivity contribution in [2.24, 2.45) is 0 Å². The first kappa shape index (κ1) is 20.2. The lowest BCUT2D eigenvalue weighted by Gasteiger charge is -2.38. The molecule has 2 aromatic heterocycles. The molecule has 1 atom stereocenters. The minimum Gasteiger partial charge on any atom is -0.459 e. The number of aromatic nitrogens is 4. The third-order valence-electron chi connectivity index (χ3n) is 5.20. The number of tetrazole rings is 1. The van der Waals surface area contributed by atoms with Crippen LogP contribution < -0.4 is 0 Å². The number of hydrogen-bond donors (Lipinski definition) is 0. The summed E-state index contributed by atoms with van der Waals surface area (Å²) >= 11 is 0. The summed E-state index contributed by atoms with van der Waals surface area (Å²) in [6, 6.07) is 9.46. The van der Waals surface area contributed by atoms with E-state index >= 15 is 0 Å². The largest absolute Gasteiger partial charge is 0.459 e. The number of piperazine rings is 1. The molecule has 0 bridgehead atoms. The van der Waals surface area contributed by atoms with Gasteiger partial charge >= 0.3 is 0 Å². The van der Waals surface area contributed by atoms with Crippen LogP contribution in [-0.4, -0.2) is 75.8 Å². The molecule has 1 aromatic carbocycles. The molecule has 9 nitrogen and oxygen atoms in total. The fourth-order valence-electron chi connectivity index (χ4n) is 3.65. The molecule has 4 rings (SSSR count). The zero-order chi connectivity index (χ0) is 20.9. The second-order valence-electron chi connectivity index (χ2n) is 7.01. The Labute approximate surface area is 173 Å². The molecule has 0 N–H and O–H groups in total. The van der Waals surface area contributed by atoms with E-state index in [-0.39, 0.29) is 17.8 Å². The predicted molar refractivity (Wildman–Crippen MR) is 104 cm³/mol. The predicted octanol–water partition coefficient (Wildman–Crippen LogP) is 1.60. The highest BCUT2D eigenvalue weighted by Crippen LogP contribution is 2.28. The molecule has 10 heteroatoms. The number of benzene rings is 1. The van der Waals surface area contributed by atoms with Gasteiger partial charge < -0.3 is 14.1 Å². The number of rotatable bonds is 7. The summed E-state index contributed by atoms with van der Waals surface area (Å²) in [7, 11) is 1.62. The zero-order valence-corrected chi connectivity index (χ0v) is 16.6. The maximum absolute atomic E-state index is 13.5. The number of hydrogen-bond acceptors (Lipinski definition) is 7. The third-order valence-corrected chi connectivity index (χ3v) is 5.20. The molecule has 1 amide bonds. The smallest absolute Gasteiger partial charge is 0.289 e. The molecule has 1 aliphatic heterocycles. The number of ether oxygens (including phenoxy) is 1. The molecule has 0 radical (unpaired) electrons. The summed E-state index contributed by atoms with van der Waals surface area (Å²) in [6.45, 7) is 3.29. The van der Waals surface area contributed by atoms with Crippen LogP contribution in [0.1, 0.15) is 28.0 Å². The normalized spacial score (nSPS) is 16.0. The Balaban J connectivity index is 1.56. The van der Waals surface area contributed by atoms with Gasteiger partial charge in [0.1, 0.15) is 5.82 Å². The standard InChI is InChI=1S/C20H23FN6O3/c1-29-14-12-27-19(22-23-24-27)18(15-4-6-16(21)7-5-15)25-8-10-26(11-9-25)20(28)17-3-2-13-30-17/h2-7,13,18H,8-12,14H2,1H3. The van der Waals surface area contributed by atoms with Crippen molar-refractivity contribution >= 4 is 5.91 Å². The van der Waals surface area contributed by atoms with Gasteiger partial charge in [-0.3, -0.25) is 9.69 Å². The summed E-state index contributed by atoms with van der Waals surface area (Å²) in [5.74, 6) is 0.569. The number of nitrogens with zero attached hydrogens (tertiary/aromatic N) is 6. The van der Waals surface area contributed by atoms with Gasteiger partial charge in [0.15, 0.2) is 11.6 Å². The summed E-state index contributed by atoms with van der Waals surface area (Å²) in [5.41, 5.74) is 0.885. The van der Waals surface area contributed by atoms with E-state index in [1.54, 1.807) is 41.0 Å². The fourth-order valence-corrected chi connectivity index (χ4v) is 3.65. The first-order chi connectivity index (χ1) is 14.7. The Morgan fingerprint density at radius 1 is 1.20 bits per heavy atom. The van der Waals surface area contributed by atoms with E-state index in [4.69, 9.17) is 9.15 Å². The molecule has 1 saturated heterocycles. The Morgan fingerprint density at radius 2 is 1.97 bits per heavy atom. The number of carbonyl (C=O) groups excluding carboxylic acids is 1. The van der Waals surface area contributed by atoms with Crippen LogP contribution in [-0.2, 0) is 11.3 Å². The first-order valence-corrected chi connectivity index (χ1v) is 9.74. The molecule has 1 aliphatic rings. The molecule has 0 aliphatic carbocycles. The van der Waals surface area contributed by atoms with Crippen molar-refractivity contribution < 1.29 is 18.3 Å². The summed E-state index contributed by atoms with van der Waals surface area (Å²) in [5, 5.41) is 12.2. The molecular weight excluding hydrogens is 391 g/mol. The van der Waals surface area contributed by atoms with Crippen molar-refractivity contribution in [2.45, 2.75) is 12.6 Å². The van der Waals surface area contributed by atoms with Crippen molar-refractivity contribution in [3.8, 4) is 0 Å². The maximum atomic E-state index is 13.5. The van der Waals surface area contributed by atoms with Crippen LogP contribution >= 0.6 is 0 Å². The van der Waals surface area contributed by atoms with Gasteiger partial charge in [-0.05, 0) is 40.3 Å². The lowest BCUT2D eigenvalue weighted by atomic mass is 10.0. The number of carbonyl (C=O) groups is 1. The Kier molecular flexibility index (Phi) is 6.15. The van der Waals surface area contributed by atoms with E-state index in [1.165, 1.54) is 18.4 Å². The molecule has 30 heavy (non-hydrogen) atoms. The Bertz CT molecular complexity index is 951. The van der Waals surface area contributed by atoms with Crippen LogP contribution in [0.3, 0.4) is 0 Å². The fraction of sp³-hybridized carbons (Fsp3) is 0.400. The monoisotopic (exact) mass is 414 g/mol. The molecule has 3 aromatic rings. The zero-order valence-electron chi connectivity index (χ0n) is 16.6. The Morgan fingerprint density at radius 3 is 2.63 bits per heavy atom. The second-order valence-corrected chi connectivity index (χ2v) is 7.01. The number of amides is 1. The SMILES string of the molecule is COCCn1nnnc1C(c1ccc(F)cc1)N1CCN(C(=O)c2ccco2)CC1. The highest BCUT2D eigenvalue weighted by molar-refractivity contribution is 5.91. The first-order valence-electron chi connectivity index (χ1n) is 9.74. The average molecular weight is 414 g/mol. The van der Waals surface area contributed by atoms with Crippen LogP contribution in [0.4, 0.5) is 4.39 Å². The summed E-state index contributed by atoms with van der Waals surface area (Å²) in [4.78, 5) is 16.5. The minimum absolute atomic E-state index is 0.122. The molecule has 0 saturated carbocycles. The van der Waals surface area contributed by atoms with Crippen LogP contribution in [0, 0.1) is 5.82 Å². The molecular formula is C20H23FN6O3. The van der Waals surface area contributed by atoms with E-state index in [0.29, 0.717) is 50.9 Å². The van der Waals surface area contributed by atoms with Gasteiger partial charge in [0.05, 0.1) is 25.5 Å². The molecule has 3 heterocycles. The third kappa shape index (κ3) is 4.24. The second kappa shape index (κ2) is 9.14. The van der Waals surface area contributed by atoms with Crippen LogP contribution in [0.2, 0.25) is 0 Å². The van der Waals surface area contributed by atoms with E-state index < -0.39 is 0 Å². The van der Waals surface area contributed by atoms with Gasteiger partial charge in [0.25, 0.3) is 5.91 Å². The van der Waals surface area contributed by atoms with Gasteiger partial charge in [-0.2, -0.15) is 0 Å². The van der Waals surface area contributed by atoms with Gasteiger partial charge in [-0.25, -0.2) is 9.07 Å². The van der Waals surface area contributed by atoms with Crippen molar-refractivity contribution in [3.05, 3.63) is 65.6 Å². The van der Waals surface area contributed by atoms with Crippen LogP contribution in [0.5, 0.6) is 0 Å². The van der Waals surface area contributed by atoms with Crippen molar-refractivity contribution in [3.63, 3.8) is 0 Å². The summed E-state index contributed by atoms with van der Waals surface area (Å²) < 4.78 is 25.6. The quantitative estimate of drug-likeness (QED) is 0.580. The minimum atomic E-state index is -0.301. The van der Waals surface area contributed by atoms with Gasteiger partial charge in [0.2, 0.25) is 0 Å². The van der Waals surface area contributed by atoms with E-state index in [2.05, 4.69) is 20.4 Å². The average Bonchev–Trinajstić information content (AvgIpc) is 3.46. The highest BCUT2D eigenvalue weighted by Gasteiger charge is 2.32. The Hall–Kier alpha value is -3.11. The number of methoxy groups -OCH3 is 1. The highest BCUT2D eigenvalue weighted by atomic mass is 19.1. The number of halogens is 1. The van der Waals surface area contributed by atoms with Crippen LogP contribution in [0.25, 0.3) is 0 Å². The van der Waals surface area contributed by atoms with Crippen molar-refractivity contribution in [2.75, 3.05) is 39.9 Å². The maximum Gasteiger partial charge on any atom is 0.289 e. The number of furan rings is 1. The lowest BCUT2D eigenvalue weighted by molar-refractivity contribution is 0.0557. The molecule has 158 valence electrons. The molecule has 1 fully saturated rings. The van der Waals surface area contributed by atoms with Crippen LogP contribution in [0.15, 0.2) is 47.1 Å². The topological polar surface area (TPSA) is 89.5 Å². The van der Waals surface area contributed by atoms with Crippen molar-refractivity contribution in [1.82, 2.24) is 30.0 Å².